The number of thioether (sulfide) groups is 1. The Labute approximate surface area is 193 Å². The Bertz CT molecular complexity index is 1450. The van der Waals surface area contributed by atoms with Crippen LogP contribution in [0.5, 0.6) is 0 Å². The van der Waals surface area contributed by atoms with Crippen LogP contribution >= 0.6 is 23.4 Å². The molecule has 0 aliphatic carbocycles. The van der Waals surface area contributed by atoms with E-state index in [1.807, 2.05) is 84.3 Å². The highest BCUT2D eigenvalue weighted by molar-refractivity contribution is 7.99. The zero-order valence-corrected chi connectivity index (χ0v) is 18.6. The average molecular weight is 460 g/mol. The number of fused-ring (bicyclic) bond motifs is 1. The monoisotopic (exact) mass is 459 g/mol. The molecule has 0 fully saturated rings. The van der Waals surface area contributed by atoms with Crippen LogP contribution in [-0.4, -0.2) is 24.7 Å². The summed E-state index contributed by atoms with van der Waals surface area (Å²) >= 11 is 7.55. The van der Waals surface area contributed by atoms with Crippen LogP contribution in [0.25, 0.3) is 28.0 Å². The highest BCUT2D eigenvalue weighted by Gasteiger charge is 2.20. The number of aromatic amines is 1. The molecular formula is C24H18ClN5OS. The third-order valence-corrected chi connectivity index (χ3v) is 6.35. The van der Waals surface area contributed by atoms with Gasteiger partial charge in [0.1, 0.15) is 5.82 Å². The van der Waals surface area contributed by atoms with E-state index in [2.05, 4.69) is 20.2 Å². The van der Waals surface area contributed by atoms with Crippen molar-refractivity contribution >= 4 is 34.3 Å². The molecular weight excluding hydrogens is 442 g/mol. The van der Waals surface area contributed by atoms with E-state index in [1.165, 1.54) is 11.8 Å². The van der Waals surface area contributed by atoms with Gasteiger partial charge >= 0.3 is 0 Å². The summed E-state index contributed by atoms with van der Waals surface area (Å²) in [7, 11) is 0. The maximum absolute atomic E-state index is 12.5. The molecule has 8 heteroatoms. The van der Waals surface area contributed by atoms with E-state index in [9.17, 15) is 4.79 Å². The van der Waals surface area contributed by atoms with Gasteiger partial charge in [-0.3, -0.25) is 9.36 Å². The lowest BCUT2D eigenvalue weighted by Crippen LogP contribution is -2.13. The number of nitrogens with one attached hydrogen (secondary N) is 1. The summed E-state index contributed by atoms with van der Waals surface area (Å²) in [5.41, 5.74) is 2.37. The number of aromatic nitrogens is 5. The second-order valence-corrected chi connectivity index (χ2v) is 8.96. The number of para-hydroxylation sites is 2. The summed E-state index contributed by atoms with van der Waals surface area (Å²) < 4.78 is 2.00. The fourth-order valence-electron chi connectivity index (χ4n) is 3.45. The summed E-state index contributed by atoms with van der Waals surface area (Å²) in [5, 5.41) is 10.7. The van der Waals surface area contributed by atoms with Crippen molar-refractivity contribution in [1.29, 1.82) is 0 Å². The molecule has 5 aromatic rings. The van der Waals surface area contributed by atoms with E-state index < -0.39 is 0 Å². The number of hydrogen-bond acceptors (Lipinski definition) is 5. The predicted octanol–water partition coefficient (Wildman–Crippen LogP) is 5.68. The van der Waals surface area contributed by atoms with Gasteiger partial charge in [0.2, 0.25) is 0 Å². The molecule has 1 N–H and O–H groups in total. The molecule has 0 spiro atoms. The predicted molar refractivity (Wildman–Crippen MR) is 128 cm³/mol. The van der Waals surface area contributed by atoms with Gasteiger partial charge in [0.15, 0.2) is 11.0 Å². The highest BCUT2D eigenvalue weighted by atomic mass is 35.5. The topological polar surface area (TPSA) is 76.5 Å². The van der Waals surface area contributed by atoms with Crippen LogP contribution in [0.15, 0.2) is 88.8 Å². The first-order valence-electron chi connectivity index (χ1n) is 10.0. The maximum Gasteiger partial charge on any atom is 0.258 e. The Morgan fingerprint density at radius 1 is 0.938 bits per heavy atom. The van der Waals surface area contributed by atoms with Gasteiger partial charge in [0.25, 0.3) is 5.56 Å². The summed E-state index contributed by atoms with van der Waals surface area (Å²) in [6.07, 6.45) is 0. The second-order valence-electron chi connectivity index (χ2n) is 7.21. The lowest BCUT2D eigenvalue weighted by atomic mass is 10.2. The lowest BCUT2D eigenvalue weighted by Gasteiger charge is -2.14. The zero-order chi connectivity index (χ0) is 22.1. The number of H-pyrrole nitrogens is 1. The molecule has 0 saturated carbocycles. The van der Waals surface area contributed by atoms with Crippen molar-refractivity contribution in [3.05, 3.63) is 100 Å². The van der Waals surface area contributed by atoms with E-state index in [0.717, 1.165) is 11.3 Å². The van der Waals surface area contributed by atoms with E-state index in [4.69, 9.17) is 11.6 Å². The molecule has 2 aromatic heterocycles. The molecule has 0 radical (unpaired) electrons. The van der Waals surface area contributed by atoms with Gasteiger partial charge in [0.05, 0.1) is 16.2 Å². The number of nitrogens with zero attached hydrogens (tertiary/aromatic N) is 4. The fraction of sp³-hybridized carbons (Fsp3) is 0.0833. The fourth-order valence-corrected chi connectivity index (χ4v) is 4.50. The van der Waals surface area contributed by atoms with E-state index >= 15 is 0 Å². The smallest absolute Gasteiger partial charge is 0.258 e. The maximum atomic E-state index is 12.5. The molecule has 0 bridgehead atoms. The largest absolute Gasteiger partial charge is 0.309 e. The minimum Gasteiger partial charge on any atom is -0.309 e. The number of rotatable bonds is 5. The van der Waals surface area contributed by atoms with E-state index in [0.29, 0.717) is 32.7 Å². The van der Waals surface area contributed by atoms with Gasteiger partial charge in [-0.25, -0.2) is 4.98 Å². The van der Waals surface area contributed by atoms with Gasteiger partial charge < -0.3 is 4.98 Å². The third-order valence-electron chi connectivity index (χ3n) is 5.05. The van der Waals surface area contributed by atoms with Crippen LogP contribution in [0.4, 0.5) is 0 Å². The first-order valence-corrected chi connectivity index (χ1v) is 11.3. The van der Waals surface area contributed by atoms with Crippen molar-refractivity contribution in [2.75, 3.05) is 0 Å². The quantitative estimate of drug-likeness (QED) is 0.342. The van der Waals surface area contributed by atoms with Crippen LogP contribution in [0.1, 0.15) is 18.0 Å². The van der Waals surface area contributed by atoms with Crippen molar-refractivity contribution in [2.45, 2.75) is 17.3 Å². The highest BCUT2D eigenvalue weighted by Crippen LogP contribution is 2.36. The van der Waals surface area contributed by atoms with Gasteiger partial charge in [-0.05, 0) is 55.5 Å². The van der Waals surface area contributed by atoms with Gasteiger partial charge in [-0.15, -0.1) is 10.2 Å². The molecule has 0 aliphatic heterocycles. The molecule has 1 atom stereocenters. The summed E-state index contributed by atoms with van der Waals surface area (Å²) in [5.74, 6) is 1.30. The first-order chi connectivity index (χ1) is 15.6. The molecule has 5 rings (SSSR count). The van der Waals surface area contributed by atoms with Gasteiger partial charge in [-0.2, -0.15) is 0 Å². The Balaban J connectivity index is 1.56. The summed E-state index contributed by atoms with van der Waals surface area (Å²) in [4.78, 5) is 20.1. The standard InChI is InChI=1S/C24H18ClN5OS/c1-15(21-26-20-10-6-5-9-19(20)23(31)27-21)32-24-29-28-22(16-11-13-17(25)14-12-16)30(24)18-7-3-2-4-8-18/h2-15H,1H3,(H,26,27,31). The lowest BCUT2D eigenvalue weighted by molar-refractivity contribution is 0.862. The molecule has 1 unspecified atom stereocenters. The zero-order valence-electron chi connectivity index (χ0n) is 17.1. The normalized spacial score (nSPS) is 12.2. The number of hydrogen-bond donors (Lipinski definition) is 1. The van der Waals surface area contributed by atoms with E-state index in [-0.39, 0.29) is 10.8 Å². The van der Waals surface area contributed by atoms with Gasteiger partial charge in [0, 0.05) is 16.3 Å². The minimum atomic E-state index is -0.156. The minimum absolute atomic E-state index is 0.149. The van der Waals surface area contributed by atoms with Crippen molar-refractivity contribution in [3.63, 3.8) is 0 Å². The number of benzene rings is 3. The summed E-state index contributed by atoms with van der Waals surface area (Å²) in [6, 6.07) is 24.8. The van der Waals surface area contributed by atoms with Gasteiger partial charge in [-0.1, -0.05) is 53.7 Å². The molecule has 32 heavy (non-hydrogen) atoms. The SMILES string of the molecule is CC(Sc1nnc(-c2ccc(Cl)cc2)n1-c1ccccc1)c1nc2ccccc2c(=O)[nH]1. The molecule has 0 amide bonds. The van der Waals surface area contributed by atoms with Crippen LogP contribution < -0.4 is 5.56 Å². The Morgan fingerprint density at radius 3 is 2.44 bits per heavy atom. The Hall–Kier alpha value is -3.42. The van der Waals surface area contributed by atoms with Crippen LogP contribution in [0, 0.1) is 0 Å². The summed E-state index contributed by atoms with van der Waals surface area (Å²) in [6.45, 7) is 1.99. The Morgan fingerprint density at radius 2 is 1.66 bits per heavy atom. The molecule has 6 nitrogen and oxygen atoms in total. The van der Waals surface area contributed by atoms with Crippen molar-refractivity contribution in [2.24, 2.45) is 0 Å². The van der Waals surface area contributed by atoms with Crippen molar-refractivity contribution in [1.82, 2.24) is 24.7 Å². The Kier molecular flexibility index (Phi) is 5.51. The third kappa shape index (κ3) is 3.92. The first kappa shape index (κ1) is 20.5. The van der Waals surface area contributed by atoms with Crippen molar-refractivity contribution < 1.29 is 0 Å². The van der Waals surface area contributed by atoms with E-state index in [1.54, 1.807) is 6.07 Å². The molecule has 158 valence electrons. The molecule has 2 heterocycles. The number of halogens is 1. The molecule has 0 saturated heterocycles. The average Bonchev–Trinajstić information content (AvgIpc) is 3.23. The molecule has 3 aromatic carbocycles. The van der Waals surface area contributed by atoms with Crippen LogP contribution in [0.3, 0.4) is 0 Å². The molecule has 0 aliphatic rings. The van der Waals surface area contributed by atoms with Crippen LogP contribution in [-0.2, 0) is 0 Å². The van der Waals surface area contributed by atoms with Crippen molar-refractivity contribution in [3.8, 4) is 17.1 Å². The van der Waals surface area contributed by atoms with Crippen LogP contribution in [0.2, 0.25) is 5.02 Å². The second kappa shape index (κ2) is 8.61.